The average Bonchev–Trinajstić information content (AvgIpc) is 3.17. The number of amides is 1. The highest BCUT2D eigenvalue weighted by molar-refractivity contribution is 5.90. The lowest BCUT2D eigenvalue weighted by atomic mass is 10.1. The fourth-order valence-electron chi connectivity index (χ4n) is 3.57. The smallest absolute Gasteiger partial charge is 0.288 e. The number of nitrogens with one attached hydrogen (secondary N) is 2. The highest BCUT2D eigenvalue weighted by atomic mass is 16.5. The van der Waals surface area contributed by atoms with Gasteiger partial charge in [-0.25, -0.2) is 9.97 Å². The zero-order chi connectivity index (χ0) is 20.3. The largest absolute Gasteiger partial charge is 0.497 e. The van der Waals surface area contributed by atoms with Crippen molar-refractivity contribution in [2.24, 2.45) is 0 Å². The Morgan fingerprint density at radius 1 is 1.25 bits per heavy atom. The van der Waals surface area contributed by atoms with Crippen molar-refractivity contribution < 1.29 is 9.53 Å². The van der Waals surface area contributed by atoms with Crippen LogP contribution >= 0.6 is 0 Å². The number of rotatable bonds is 6. The molecule has 0 bridgehead atoms. The molecule has 1 aliphatic rings. The molecular weight excluding hydrogens is 354 g/mol. The van der Waals surface area contributed by atoms with Crippen molar-refractivity contribution in [2.45, 2.75) is 39.3 Å². The summed E-state index contributed by atoms with van der Waals surface area (Å²) >= 11 is 0. The maximum absolute atomic E-state index is 12.0. The first-order valence-corrected chi connectivity index (χ1v) is 9.65. The van der Waals surface area contributed by atoms with Gasteiger partial charge in [0.05, 0.1) is 7.11 Å². The standard InChI is InChI=1S/C21H29N5O2/c1-13-14(2)24-19(21(27)22-4)25-20(13)26-11-10-17(12-26)23-15(3)16-6-8-18(28-5)9-7-16/h6-9,15,17,23H,10-12H2,1-5H3,(H,22,27)/t15?,17-/m1/s1. The van der Waals surface area contributed by atoms with Gasteiger partial charge in [-0.1, -0.05) is 12.1 Å². The van der Waals surface area contributed by atoms with Gasteiger partial charge in [-0.15, -0.1) is 0 Å². The summed E-state index contributed by atoms with van der Waals surface area (Å²) in [7, 11) is 3.27. The molecule has 1 saturated heterocycles. The van der Waals surface area contributed by atoms with E-state index in [1.165, 1.54) is 5.56 Å². The van der Waals surface area contributed by atoms with Gasteiger partial charge in [0.25, 0.3) is 5.91 Å². The van der Waals surface area contributed by atoms with Crippen LogP contribution in [0.2, 0.25) is 0 Å². The molecule has 1 unspecified atom stereocenters. The number of carbonyl (C=O) groups is 1. The van der Waals surface area contributed by atoms with E-state index in [0.717, 1.165) is 42.3 Å². The summed E-state index contributed by atoms with van der Waals surface area (Å²) in [6.07, 6.45) is 1.03. The van der Waals surface area contributed by atoms with Crippen molar-refractivity contribution in [3.8, 4) is 5.75 Å². The third-order valence-corrected chi connectivity index (χ3v) is 5.38. The highest BCUT2D eigenvalue weighted by Crippen LogP contribution is 2.25. The van der Waals surface area contributed by atoms with E-state index in [1.54, 1.807) is 14.2 Å². The zero-order valence-electron chi connectivity index (χ0n) is 17.2. The average molecular weight is 383 g/mol. The first-order chi connectivity index (χ1) is 13.4. The summed E-state index contributed by atoms with van der Waals surface area (Å²) < 4.78 is 5.23. The Morgan fingerprint density at radius 2 is 1.96 bits per heavy atom. The monoisotopic (exact) mass is 383 g/mol. The van der Waals surface area contributed by atoms with E-state index >= 15 is 0 Å². The molecule has 1 aromatic heterocycles. The Morgan fingerprint density at radius 3 is 2.61 bits per heavy atom. The van der Waals surface area contributed by atoms with E-state index in [4.69, 9.17) is 4.74 Å². The van der Waals surface area contributed by atoms with Gasteiger partial charge >= 0.3 is 0 Å². The predicted octanol–water partition coefficient (Wildman–Crippen LogP) is 2.39. The van der Waals surface area contributed by atoms with Gasteiger partial charge in [-0.05, 0) is 44.9 Å². The topological polar surface area (TPSA) is 79.4 Å². The van der Waals surface area contributed by atoms with Gasteiger partial charge in [0, 0.05) is 43.5 Å². The molecule has 2 atom stereocenters. The number of aromatic nitrogens is 2. The number of hydrogen-bond acceptors (Lipinski definition) is 6. The number of benzene rings is 1. The molecule has 0 spiro atoms. The van der Waals surface area contributed by atoms with Gasteiger partial charge in [0.2, 0.25) is 5.82 Å². The molecule has 1 amide bonds. The molecule has 7 heteroatoms. The Kier molecular flexibility index (Phi) is 6.14. The van der Waals surface area contributed by atoms with Gasteiger partial charge in [-0.3, -0.25) is 4.79 Å². The van der Waals surface area contributed by atoms with Crippen LogP contribution in [0.5, 0.6) is 5.75 Å². The molecule has 2 heterocycles. The summed E-state index contributed by atoms with van der Waals surface area (Å²) in [4.78, 5) is 23.1. The maximum Gasteiger partial charge on any atom is 0.288 e. The van der Waals surface area contributed by atoms with Crippen molar-refractivity contribution in [1.82, 2.24) is 20.6 Å². The van der Waals surface area contributed by atoms with E-state index in [2.05, 4.69) is 44.6 Å². The lowest BCUT2D eigenvalue weighted by molar-refractivity contribution is 0.0952. The van der Waals surface area contributed by atoms with Crippen molar-refractivity contribution in [3.05, 3.63) is 46.9 Å². The number of anilines is 1. The molecule has 0 saturated carbocycles. The zero-order valence-corrected chi connectivity index (χ0v) is 17.2. The lowest BCUT2D eigenvalue weighted by Crippen LogP contribution is -2.35. The molecule has 28 heavy (non-hydrogen) atoms. The van der Waals surface area contributed by atoms with Gasteiger partial charge in [0.15, 0.2) is 0 Å². The molecule has 1 fully saturated rings. The number of nitrogens with zero attached hydrogens (tertiary/aromatic N) is 3. The second-order valence-corrected chi connectivity index (χ2v) is 7.25. The van der Waals surface area contributed by atoms with E-state index < -0.39 is 0 Å². The van der Waals surface area contributed by atoms with Crippen molar-refractivity contribution >= 4 is 11.7 Å². The third kappa shape index (κ3) is 4.25. The Labute approximate surface area is 166 Å². The van der Waals surface area contributed by atoms with Crippen LogP contribution in [-0.2, 0) is 0 Å². The van der Waals surface area contributed by atoms with Crippen LogP contribution in [-0.4, -0.2) is 49.2 Å². The molecule has 2 N–H and O–H groups in total. The van der Waals surface area contributed by atoms with Crippen LogP contribution in [0.25, 0.3) is 0 Å². The van der Waals surface area contributed by atoms with E-state index in [0.29, 0.717) is 6.04 Å². The Hall–Kier alpha value is -2.67. The van der Waals surface area contributed by atoms with Crippen LogP contribution in [0.1, 0.15) is 46.8 Å². The molecular formula is C21H29N5O2. The second-order valence-electron chi connectivity index (χ2n) is 7.25. The fourth-order valence-corrected chi connectivity index (χ4v) is 3.57. The summed E-state index contributed by atoms with van der Waals surface area (Å²) in [5.41, 5.74) is 3.10. The number of aryl methyl sites for hydroxylation is 1. The lowest BCUT2D eigenvalue weighted by Gasteiger charge is -2.23. The summed E-state index contributed by atoms with van der Waals surface area (Å²) in [5, 5.41) is 6.31. The molecule has 0 radical (unpaired) electrons. The molecule has 1 aromatic carbocycles. The minimum Gasteiger partial charge on any atom is -0.497 e. The van der Waals surface area contributed by atoms with Crippen molar-refractivity contribution in [3.63, 3.8) is 0 Å². The van der Waals surface area contributed by atoms with Crippen LogP contribution in [0.4, 0.5) is 5.82 Å². The summed E-state index contributed by atoms with van der Waals surface area (Å²) in [6, 6.07) is 8.76. The summed E-state index contributed by atoms with van der Waals surface area (Å²) in [6.45, 7) is 7.86. The Balaban J connectivity index is 1.69. The minimum atomic E-state index is -0.258. The van der Waals surface area contributed by atoms with Crippen molar-refractivity contribution in [1.29, 1.82) is 0 Å². The predicted molar refractivity (Wildman–Crippen MR) is 110 cm³/mol. The van der Waals surface area contributed by atoms with E-state index in [1.807, 2.05) is 26.0 Å². The number of ether oxygens (including phenoxy) is 1. The first-order valence-electron chi connectivity index (χ1n) is 9.65. The highest BCUT2D eigenvalue weighted by Gasteiger charge is 2.27. The van der Waals surface area contributed by atoms with Crippen LogP contribution < -0.4 is 20.3 Å². The van der Waals surface area contributed by atoms with Crippen LogP contribution in [0.3, 0.4) is 0 Å². The maximum atomic E-state index is 12.0. The molecule has 2 aromatic rings. The molecule has 3 rings (SSSR count). The van der Waals surface area contributed by atoms with E-state index in [-0.39, 0.29) is 17.8 Å². The molecule has 150 valence electrons. The normalized spacial score (nSPS) is 17.5. The van der Waals surface area contributed by atoms with Gasteiger partial charge in [-0.2, -0.15) is 0 Å². The summed E-state index contributed by atoms with van der Waals surface area (Å²) in [5.74, 6) is 1.69. The number of carbonyl (C=O) groups excluding carboxylic acids is 1. The van der Waals surface area contributed by atoms with Crippen LogP contribution in [0.15, 0.2) is 24.3 Å². The van der Waals surface area contributed by atoms with Gasteiger partial charge in [0.1, 0.15) is 11.6 Å². The number of methoxy groups -OCH3 is 1. The molecule has 0 aliphatic carbocycles. The first kappa shape index (κ1) is 20.1. The SMILES string of the molecule is CNC(=O)c1nc(C)c(C)c(N2CC[C@@H](NC(C)c3ccc(OC)cc3)C2)n1. The minimum absolute atomic E-state index is 0.226. The molecule has 7 nitrogen and oxygen atoms in total. The number of hydrogen-bond donors (Lipinski definition) is 2. The van der Waals surface area contributed by atoms with Crippen LogP contribution in [0, 0.1) is 13.8 Å². The quantitative estimate of drug-likeness (QED) is 0.797. The van der Waals surface area contributed by atoms with E-state index in [9.17, 15) is 4.79 Å². The third-order valence-electron chi connectivity index (χ3n) is 5.38. The molecule has 1 aliphatic heterocycles. The Bertz CT molecular complexity index is 837. The second kappa shape index (κ2) is 8.56. The van der Waals surface area contributed by atoms with Gasteiger partial charge < -0.3 is 20.3 Å². The fraction of sp³-hybridized carbons (Fsp3) is 0.476. The van der Waals surface area contributed by atoms with Crippen molar-refractivity contribution in [2.75, 3.05) is 32.1 Å².